The van der Waals surface area contributed by atoms with Crippen LogP contribution < -0.4 is 21.2 Å². The highest BCUT2D eigenvalue weighted by Gasteiger charge is 2.24. The lowest BCUT2D eigenvalue weighted by molar-refractivity contribution is 1.18. The third-order valence-electron chi connectivity index (χ3n) is 6.09. The van der Waals surface area contributed by atoms with Crippen LogP contribution in [0.4, 0.5) is 0 Å². The minimum Gasteiger partial charge on any atom is -0.0830 e. The third-order valence-corrected chi connectivity index (χ3v) is 10.0. The van der Waals surface area contributed by atoms with E-state index in [0.717, 1.165) is 15.0 Å². The third kappa shape index (κ3) is 4.94. The van der Waals surface area contributed by atoms with Crippen LogP contribution in [0.15, 0.2) is 133 Å². The van der Waals surface area contributed by atoms with Crippen molar-refractivity contribution < 1.29 is 0 Å². The van der Waals surface area contributed by atoms with Crippen LogP contribution in [0.25, 0.3) is 5.57 Å². The fourth-order valence-electron chi connectivity index (χ4n) is 4.56. The number of benzene rings is 4. The molecule has 0 aliphatic heterocycles. The molecule has 2 atom stereocenters. The van der Waals surface area contributed by atoms with Crippen molar-refractivity contribution in [2.45, 2.75) is 19.0 Å². The Labute approximate surface area is 200 Å². The molecular formula is C31H28P2. The summed E-state index contributed by atoms with van der Waals surface area (Å²) >= 11 is 0. The van der Waals surface area contributed by atoms with Crippen molar-refractivity contribution >= 4 is 43.3 Å². The molecule has 0 saturated heterocycles. The minimum absolute atomic E-state index is 0.508. The van der Waals surface area contributed by atoms with E-state index in [-0.39, 0.29) is 0 Å². The average Bonchev–Trinajstić information content (AvgIpc) is 3.37. The first-order valence-electron chi connectivity index (χ1n) is 11.5. The average molecular weight is 463 g/mol. The lowest BCUT2D eigenvalue weighted by Gasteiger charge is -2.24. The second kappa shape index (κ2) is 10.4. The molecule has 0 fully saturated rings. The quantitative estimate of drug-likeness (QED) is 0.273. The Bertz CT molecular complexity index is 1220. The van der Waals surface area contributed by atoms with E-state index in [9.17, 15) is 0 Å². The predicted octanol–water partition coefficient (Wildman–Crippen LogP) is 6.55. The van der Waals surface area contributed by atoms with Crippen molar-refractivity contribution in [2.75, 3.05) is 0 Å². The van der Waals surface area contributed by atoms with Crippen LogP contribution in [-0.4, -0.2) is 5.66 Å². The second-order valence-corrected chi connectivity index (χ2v) is 12.2. The molecule has 0 spiro atoms. The summed E-state index contributed by atoms with van der Waals surface area (Å²) in [6.07, 6.45) is 5.74. The molecule has 4 aromatic rings. The van der Waals surface area contributed by atoms with Gasteiger partial charge in [0.25, 0.3) is 0 Å². The van der Waals surface area contributed by atoms with Gasteiger partial charge in [-0.3, -0.25) is 0 Å². The Hall–Kier alpha value is -2.78. The van der Waals surface area contributed by atoms with E-state index in [2.05, 4.69) is 134 Å². The summed E-state index contributed by atoms with van der Waals surface area (Å²) in [5, 5.41) is 5.69. The fourth-order valence-corrected chi connectivity index (χ4v) is 8.35. The van der Waals surface area contributed by atoms with Gasteiger partial charge in [0.2, 0.25) is 0 Å². The molecule has 4 aromatic carbocycles. The van der Waals surface area contributed by atoms with Gasteiger partial charge in [0.1, 0.15) is 0 Å². The van der Waals surface area contributed by atoms with Gasteiger partial charge in [-0.05, 0) is 52.3 Å². The first kappa shape index (κ1) is 22.0. The van der Waals surface area contributed by atoms with Crippen molar-refractivity contribution in [2.24, 2.45) is 0 Å². The molecule has 0 radical (unpaired) electrons. The molecule has 0 amide bonds. The first-order valence-corrected chi connectivity index (χ1v) is 13.9. The van der Waals surface area contributed by atoms with E-state index in [0.29, 0.717) is 5.66 Å². The molecular weight excluding hydrogens is 434 g/mol. The summed E-state index contributed by atoms with van der Waals surface area (Å²) in [6.45, 7) is 2.39. The van der Waals surface area contributed by atoms with E-state index < -0.39 is 7.92 Å². The van der Waals surface area contributed by atoms with E-state index in [1.807, 2.05) is 0 Å². The highest BCUT2D eigenvalue weighted by molar-refractivity contribution is 7.80. The van der Waals surface area contributed by atoms with Gasteiger partial charge in [-0.25, -0.2) is 0 Å². The molecule has 33 heavy (non-hydrogen) atoms. The molecule has 1 aliphatic carbocycles. The molecule has 2 heteroatoms. The van der Waals surface area contributed by atoms with E-state index >= 15 is 0 Å². The molecule has 1 aliphatic rings. The first-order chi connectivity index (χ1) is 16.3. The van der Waals surface area contributed by atoms with Crippen LogP contribution >= 0.6 is 16.5 Å². The fraction of sp³-hybridized carbons (Fsp3) is 0.0968. The summed E-state index contributed by atoms with van der Waals surface area (Å²) in [6, 6.07) is 42.1. The van der Waals surface area contributed by atoms with E-state index in [1.165, 1.54) is 37.9 Å². The maximum absolute atomic E-state index is 2.39. The number of allylic oxidation sites excluding steroid dienone is 4. The minimum atomic E-state index is -0.629. The predicted molar refractivity (Wildman–Crippen MR) is 150 cm³/mol. The summed E-state index contributed by atoms with van der Waals surface area (Å²) in [7, 11) is 0.147. The zero-order valence-corrected chi connectivity index (χ0v) is 20.8. The van der Waals surface area contributed by atoms with Gasteiger partial charge in [-0.1, -0.05) is 143 Å². The molecule has 0 saturated carbocycles. The van der Waals surface area contributed by atoms with Crippen molar-refractivity contribution in [3.8, 4) is 0 Å². The van der Waals surface area contributed by atoms with Gasteiger partial charge in [-0.2, -0.15) is 0 Å². The molecule has 0 heterocycles. The normalized spacial score (nSPS) is 14.5. The maximum Gasteiger partial charge on any atom is 0.00292 e. The van der Waals surface area contributed by atoms with Crippen molar-refractivity contribution in [3.05, 3.63) is 139 Å². The summed E-state index contributed by atoms with van der Waals surface area (Å²) in [5.74, 6) is 0. The molecule has 0 aromatic heterocycles. The zero-order chi connectivity index (χ0) is 22.5. The molecule has 0 nitrogen and oxygen atoms in total. The van der Waals surface area contributed by atoms with E-state index in [1.54, 1.807) is 0 Å². The SMILES string of the molecule is C[C@@H](Pc1ccccc1)C1=C(c2ccccc2P(c2ccccc2)c2ccccc2)CC=C1. The molecule has 1 unspecified atom stereocenters. The van der Waals surface area contributed by atoms with Crippen LogP contribution in [0, 0.1) is 0 Å². The molecule has 0 N–H and O–H groups in total. The Kier molecular flexibility index (Phi) is 6.97. The summed E-state index contributed by atoms with van der Waals surface area (Å²) in [4.78, 5) is 0. The van der Waals surface area contributed by atoms with Gasteiger partial charge in [-0.15, -0.1) is 0 Å². The zero-order valence-electron chi connectivity index (χ0n) is 18.9. The Morgan fingerprint density at radius 2 is 1.21 bits per heavy atom. The van der Waals surface area contributed by atoms with Crippen LogP contribution in [0.5, 0.6) is 0 Å². The van der Waals surface area contributed by atoms with Crippen LogP contribution in [0.2, 0.25) is 0 Å². The van der Waals surface area contributed by atoms with Gasteiger partial charge in [0.15, 0.2) is 0 Å². The molecule has 0 bridgehead atoms. The lowest BCUT2D eigenvalue weighted by Crippen LogP contribution is -2.23. The van der Waals surface area contributed by atoms with Crippen molar-refractivity contribution in [1.29, 1.82) is 0 Å². The monoisotopic (exact) mass is 462 g/mol. The van der Waals surface area contributed by atoms with Gasteiger partial charge < -0.3 is 0 Å². The Balaban J connectivity index is 1.60. The van der Waals surface area contributed by atoms with Crippen molar-refractivity contribution in [3.63, 3.8) is 0 Å². The highest BCUT2D eigenvalue weighted by atomic mass is 31.1. The topological polar surface area (TPSA) is 0 Å². The highest BCUT2D eigenvalue weighted by Crippen LogP contribution is 2.41. The molecule has 5 rings (SSSR count). The Morgan fingerprint density at radius 3 is 1.85 bits per heavy atom. The number of rotatable bonds is 7. The Morgan fingerprint density at radius 1 is 0.667 bits per heavy atom. The van der Waals surface area contributed by atoms with E-state index in [4.69, 9.17) is 0 Å². The smallest absolute Gasteiger partial charge is 0.00292 e. The van der Waals surface area contributed by atoms with Gasteiger partial charge in [0, 0.05) is 5.66 Å². The summed E-state index contributed by atoms with van der Waals surface area (Å²) < 4.78 is 0. The van der Waals surface area contributed by atoms with Crippen LogP contribution in [-0.2, 0) is 0 Å². The lowest BCUT2D eigenvalue weighted by atomic mass is 10.00. The van der Waals surface area contributed by atoms with Crippen LogP contribution in [0.1, 0.15) is 18.9 Å². The number of hydrogen-bond acceptors (Lipinski definition) is 0. The molecule has 162 valence electrons. The van der Waals surface area contributed by atoms with Gasteiger partial charge >= 0.3 is 0 Å². The second-order valence-electron chi connectivity index (χ2n) is 8.30. The van der Waals surface area contributed by atoms with Crippen LogP contribution in [0.3, 0.4) is 0 Å². The summed E-state index contributed by atoms with van der Waals surface area (Å²) in [5.41, 5.74) is 4.93. The maximum atomic E-state index is 2.39. The van der Waals surface area contributed by atoms with Crippen molar-refractivity contribution in [1.82, 2.24) is 0 Å². The number of hydrogen-bond donors (Lipinski definition) is 0. The van der Waals surface area contributed by atoms with Gasteiger partial charge in [0.05, 0.1) is 0 Å². The standard InChI is InChI=1S/C31H28P2/c1-24(32-25-14-5-2-6-15-25)28-21-13-22-29(28)30-20-11-12-23-31(30)33(26-16-7-3-8-17-26)27-18-9-4-10-19-27/h2-21,23-24,32H,22H2,1H3/t24-/m1/s1. The largest absolute Gasteiger partial charge is 0.0830 e.